The van der Waals surface area contributed by atoms with Crippen molar-refractivity contribution in [2.24, 2.45) is 5.73 Å². The predicted octanol–water partition coefficient (Wildman–Crippen LogP) is 1.90. The van der Waals surface area contributed by atoms with Crippen LogP contribution in [0, 0.1) is 10.1 Å². The van der Waals surface area contributed by atoms with E-state index >= 15 is 0 Å². The lowest BCUT2D eigenvalue weighted by atomic mass is 10.1. The minimum Gasteiger partial charge on any atom is -0.383 e. The number of nitrogens with zero attached hydrogens (tertiary/aromatic N) is 1. The molecule has 7 heteroatoms. The molecule has 0 bridgehead atoms. The zero-order valence-corrected chi connectivity index (χ0v) is 8.32. The van der Waals surface area contributed by atoms with Crippen molar-refractivity contribution < 1.29 is 13.7 Å². The molecule has 1 rings (SSSR count). The second kappa shape index (κ2) is 5.36. The van der Waals surface area contributed by atoms with Gasteiger partial charge in [0.15, 0.2) is 0 Å². The Labute approximate surface area is 90.4 Å². The maximum absolute atomic E-state index is 12.6. The van der Waals surface area contributed by atoms with Gasteiger partial charge in [0.25, 0.3) is 12.1 Å². The van der Waals surface area contributed by atoms with E-state index in [0.29, 0.717) is 13.1 Å². The van der Waals surface area contributed by atoms with Crippen molar-refractivity contribution in [3.8, 4) is 0 Å². The van der Waals surface area contributed by atoms with Crippen molar-refractivity contribution in [2.45, 2.75) is 6.43 Å². The van der Waals surface area contributed by atoms with E-state index in [0.717, 1.165) is 6.07 Å². The normalized spacial score (nSPS) is 10.5. The number of benzene rings is 1. The molecule has 0 fully saturated rings. The number of alkyl halides is 2. The Hall–Kier alpha value is -1.76. The Bertz CT molecular complexity index is 385. The number of non-ortho nitro benzene ring substituents is 1. The molecule has 0 radical (unpaired) electrons. The van der Waals surface area contributed by atoms with Crippen LogP contribution in [0.1, 0.15) is 12.0 Å². The second-order valence-electron chi connectivity index (χ2n) is 3.04. The summed E-state index contributed by atoms with van der Waals surface area (Å²) in [7, 11) is 0. The van der Waals surface area contributed by atoms with Gasteiger partial charge < -0.3 is 11.1 Å². The molecule has 3 N–H and O–H groups in total. The van der Waals surface area contributed by atoms with Gasteiger partial charge in [-0.25, -0.2) is 8.78 Å². The quantitative estimate of drug-likeness (QED) is 0.599. The molecule has 0 amide bonds. The molecule has 0 aliphatic rings. The summed E-state index contributed by atoms with van der Waals surface area (Å²) in [6.45, 7) is 0.622. The highest BCUT2D eigenvalue weighted by molar-refractivity contribution is 5.56. The van der Waals surface area contributed by atoms with Gasteiger partial charge in [-0.15, -0.1) is 0 Å². The Morgan fingerprint density at radius 2 is 2.19 bits per heavy atom. The van der Waals surface area contributed by atoms with Gasteiger partial charge in [-0.05, 0) is 6.07 Å². The molecule has 88 valence electrons. The molecular weight excluding hydrogens is 220 g/mol. The number of nitro groups is 1. The third-order valence-electron chi connectivity index (χ3n) is 1.94. The highest BCUT2D eigenvalue weighted by Crippen LogP contribution is 2.30. The molecule has 16 heavy (non-hydrogen) atoms. The molecule has 0 aromatic heterocycles. The molecule has 0 spiro atoms. The van der Waals surface area contributed by atoms with E-state index in [-0.39, 0.29) is 16.9 Å². The third-order valence-corrected chi connectivity index (χ3v) is 1.94. The van der Waals surface area contributed by atoms with E-state index < -0.39 is 11.3 Å². The van der Waals surface area contributed by atoms with E-state index in [1.165, 1.54) is 12.1 Å². The number of hydrogen-bond acceptors (Lipinski definition) is 4. The largest absolute Gasteiger partial charge is 0.383 e. The average Bonchev–Trinajstić information content (AvgIpc) is 2.25. The molecule has 0 saturated carbocycles. The van der Waals surface area contributed by atoms with Crippen molar-refractivity contribution in [1.29, 1.82) is 0 Å². The molecule has 5 nitrogen and oxygen atoms in total. The van der Waals surface area contributed by atoms with Gasteiger partial charge in [0.1, 0.15) is 0 Å². The van der Waals surface area contributed by atoms with E-state index in [1.54, 1.807) is 0 Å². The predicted molar refractivity (Wildman–Crippen MR) is 55.6 cm³/mol. The standard InChI is InChI=1S/C9H11F2N3O2/c10-9(11)7-5-6(14(15)16)1-2-8(7)13-4-3-12/h1-2,5,9,13H,3-4,12H2. The van der Waals surface area contributed by atoms with Crippen LogP contribution in [0.15, 0.2) is 18.2 Å². The number of nitrogens with one attached hydrogen (secondary N) is 1. The van der Waals surface area contributed by atoms with Crippen molar-refractivity contribution >= 4 is 11.4 Å². The molecule has 0 atom stereocenters. The fourth-order valence-corrected chi connectivity index (χ4v) is 1.21. The fourth-order valence-electron chi connectivity index (χ4n) is 1.21. The molecule has 0 aliphatic heterocycles. The molecule has 0 unspecified atom stereocenters. The second-order valence-corrected chi connectivity index (χ2v) is 3.04. The van der Waals surface area contributed by atoms with Crippen molar-refractivity contribution in [2.75, 3.05) is 18.4 Å². The Kier molecular flexibility index (Phi) is 4.12. The topological polar surface area (TPSA) is 81.2 Å². The van der Waals surface area contributed by atoms with E-state index in [1.807, 2.05) is 0 Å². The van der Waals surface area contributed by atoms with Crippen LogP contribution in [-0.4, -0.2) is 18.0 Å². The number of nitrogens with two attached hydrogens (primary N) is 1. The third kappa shape index (κ3) is 2.86. The van der Waals surface area contributed by atoms with Gasteiger partial charge in [0.2, 0.25) is 0 Å². The summed E-state index contributed by atoms with van der Waals surface area (Å²) in [4.78, 5) is 9.71. The number of hydrogen-bond donors (Lipinski definition) is 2. The minimum absolute atomic E-state index is 0.172. The minimum atomic E-state index is -2.76. The smallest absolute Gasteiger partial charge is 0.270 e. The van der Waals surface area contributed by atoms with Crippen LogP contribution < -0.4 is 11.1 Å². The number of halogens is 2. The van der Waals surface area contributed by atoms with E-state index in [9.17, 15) is 18.9 Å². The highest BCUT2D eigenvalue weighted by Gasteiger charge is 2.17. The maximum atomic E-state index is 12.6. The number of nitro benzene ring substituents is 1. The summed E-state index contributed by atoms with van der Waals surface area (Å²) in [5.74, 6) is 0. The first-order valence-corrected chi connectivity index (χ1v) is 4.56. The van der Waals surface area contributed by atoms with Crippen LogP contribution in [0.3, 0.4) is 0 Å². The van der Waals surface area contributed by atoms with Crippen molar-refractivity contribution in [3.63, 3.8) is 0 Å². The molecule has 0 saturated heterocycles. The van der Waals surface area contributed by atoms with Gasteiger partial charge in [0.05, 0.1) is 4.92 Å². The SMILES string of the molecule is NCCNc1ccc([N+](=O)[O-])cc1C(F)F. The summed E-state index contributed by atoms with van der Waals surface area (Å²) >= 11 is 0. The number of anilines is 1. The highest BCUT2D eigenvalue weighted by atomic mass is 19.3. The lowest BCUT2D eigenvalue weighted by Gasteiger charge is -2.10. The van der Waals surface area contributed by atoms with Gasteiger partial charge >= 0.3 is 0 Å². The molecule has 1 aromatic carbocycles. The molecular formula is C9H11F2N3O2. The molecule has 0 aliphatic carbocycles. The van der Waals surface area contributed by atoms with Gasteiger partial charge in [0, 0.05) is 36.5 Å². The fraction of sp³-hybridized carbons (Fsp3) is 0.333. The van der Waals surface area contributed by atoms with Crippen LogP contribution in [0.2, 0.25) is 0 Å². The van der Waals surface area contributed by atoms with Gasteiger partial charge in [-0.1, -0.05) is 0 Å². The lowest BCUT2D eigenvalue weighted by molar-refractivity contribution is -0.385. The van der Waals surface area contributed by atoms with E-state index in [2.05, 4.69) is 5.32 Å². The first-order chi connectivity index (χ1) is 7.56. The summed E-state index contributed by atoms with van der Waals surface area (Å²) in [6.07, 6.45) is -2.76. The summed E-state index contributed by atoms with van der Waals surface area (Å²) < 4.78 is 25.2. The number of rotatable bonds is 5. The zero-order valence-electron chi connectivity index (χ0n) is 8.32. The average molecular weight is 231 g/mol. The van der Waals surface area contributed by atoms with Crippen LogP contribution in [0.25, 0.3) is 0 Å². The first kappa shape index (κ1) is 12.3. The van der Waals surface area contributed by atoms with Gasteiger partial charge in [-0.3, -0.25) is 10.1 Å². The zero-order chi connectivity index (χ0) is 12.1. The van der Waals surface area contributed by atoms with Crippen LogP contribution in [0.4, 0.5) is 20.2 Å². The van der Waals surface area contributed by atoms with Crippen LogP contribution in [0.5, 0.6) is 0 Å². The van der Waals surface area contributed by atoms with Gasteiger partial charge in [-0.2, -0.15) is 0 Å². The first-order valence-electron chi connectivity index (χ1n) is 4.56. The van der Waals surface area contributed by atoms with E-state index in [4.69, 9.17) is 5.73 Å². The van der Waals surface area contributed by atoms with Crippen molar-refractivity contribution in [1.82, 2.24) is 0 Å². The van der Waals surface area contributed by atoms with Crippen molar-refractivity contribution in [3.05, 3.63) is 33.9 Å². The summed E-state index contributed by atoms with van der Waals surface area (Å²) in [6, 6.07) is 3.30. The Morgan fingerprint density at radius 1 is 1.50 bits per heavy atom. The summed E-state index contributed by atoms with van der Waals surface area (Å²) in [5, 5.41) is 13.1. The Balaban J connectivity index is 3.04. The molecule has 1 aromatic rings. The maximum Gasteiger partial charge on any atom is 0.270 e. The van der Waals surface area contributed by atoms with Crippen LogP contribution in [-0.2, 0) is 0 Å². The van der Waals surface area contributed by atoms with Crippen LogP contribution >= 0.6 is 0 Å². The Morgan fingerprint density at radius 3 is 2.69 bits per heavy atom. The monoisotopic (exact) mass is 231 g/mol. The lowest BCUT2D eigenvalue weighted by Crippen LogP contribution is -2.14. The summed E-state index contributed by atoms with van der Waals surface area (Å²) in [5.41, 5.74) is 4.66. The molecule has 0 heterocycles.